The first kappa shape index (κ1) is 16.2. The van der Waals surface area contributed by atoms with Gasteiger partial charge in [-0.25, -0.2) is 8.42 Å². The molecule has 0 aliphatic heterocycles. The zero-order valence-corrected chi connectivity index (χ0v) is 12.3. The van der Waals surface area contributed by atoms with Gasteiger partial charge in [0.1, 0.15) is 5.75 Å². The molecule has 0 fully saturated rings. The second kappa shape index (κ2) is 7.06. The SMILES string of the molecule is CCC(C)OC(=O)CS(=O)(=O)Cc1cccc(C#N)c1. The third kappa shape index (κ3) is 5.41. The van der Waals surface area contributed by atoms with Gasteiger partial charge in [0.2, 0.25) is 0 Å². The molecule has 1 aromatic rings. The summed E-state index contributed by atoms with van der Waals surface area (Å²) in [5, 5.41) is 8.76. The Balaban J connectivity index is 2.70. The Morgan fingerprint density at radius 2 is 2.15 bits per heavy atom. The van der Waals surface area contributed by atoms with Gasteiger partial charge in [-0.2, -0.15) is 5.26 Å². The second-order valence-corrected chi connectivity index (χ2v) is 6.62. The van der Waals surface area contributed by atoms with Crippen LogP contribution in [0.25, 0.3) is 0 Å². The molecule has 0 aliphatic carbocycles. The van der Waals surface area contributed by atoms with E-state index < -0.39 is 21.6 Å². The summed E-state index contributed by atoms with van der Waals surface area (Å²) in [6.07, 6.45) is 0.343. The molecule has 1 rings (SSSR count). The highest BCUT2D eigenvalue weighted by atomic mass is 32.2. The molecule has 0 aliphatic rings. The third-order valence-corrected chi connectivity index (χ3v) is 4.14. The lowest BCUT2D eigenvalue weighted by Crippen LogP contribution is -2.23. The maximum Gasteiger partial charge on any atom is 0.321 e. The van der Waals surface area contributed by atoms with Gasteiger partial charge in [-0.15, -0.1) is 0 Å². The molecule has 20 heavy (non-hydrogen) atoms. The Labute approximate surface area is 119 Å². The number of nitrogens with zero attached hydrogens (tertiary/aromatic N) is 1. The van der Waals surface area contributed by atoms with Gasteiger partial charge in [0.15, 0.2) is 9.84 Å². The first-order valence-electron chi connectivity index (χ1n) is 6.25. The molecule has 0 heterocycles. The van der Waals surface area contributed by atoms with Crippen molar-refractivity contribution in [3.8, 4) is 6.07 Å². The number of carbonyl (C=O) groups is 1. The van der Waals surface area contributed by atoms with E-state index in [1.54, 1.807) is 25.1 Å². The summed E-state index contributed by atoms with van der Waals surface area (Å²) in [6.45, 7) is 3.56. The standard InChI is InChI=1S/C14H17NO4S/c1-3-11(2)19-14(16)10-20(17,18)9-13-6-4-5-12(7-13)8-15/h4-7,11H,3,9-10H2,1-2H3. The number of hydrogen-bond donors (Lipinski definition) is 0. The minimum atomic E-state index is -3.60. The molecule has 1 atom stereocenters. The van der Waals surface area contributed by atoms with E-state index in [-0.39, 0.29) is 11.9 Å². The van der Waals surface area contributed by atoms with Crippen molar-refractivity contribution in [1.82, 2.24) is 0 Å². The van der Waals surface area contributed by atoms with Crippen molar-refractivity contribution < 1.29 is 17.9 Å². The van der Waals surface area contributed by atoms with Crippen molar-refractivity contribution in [3.05, 3.63) is 35.4 Å². The lowest BCUT2D eigenvalue weighted by atomic mass is 10.2. The third-order valence-electron chi connectivity index (χ3n) is 2.69. The van der Waals surface area contributed by atoms with Gasteiger partial charge < -0.3 is 4.74 Å². The predicted octanol–water partition coefficient (Wildman–Crippen LogP) is 1.81. The average molecular weight is 295 g/mol. The zero-order chi connectivity index (χ0) is 15.2. The van der Waals surface area contributed by atoms with Crippen LogP contribution in [-0.4, -0.2) is 26.2 Å². The Bertz CT molecular complexity index is 616. The van der Waals surface area contributed by atoms with E-state index in [0.717, 1.165) is 0 Å². The molecular weight excluding hydrogens is 278 g/mol. The van der Waals surface area contributed by atoms with Crippen LogP contribution >= 0.6 is 0 Å². The van der Waals surface area contributed by atoms with Crippen LogP contribution in [0.4, 0.5) is 0 Å². The molecule has 5 nitrogen and oxygen atoms in total. The van der Waals surface area contributed by atoms with E-state index in [0.29, 0.717) is 17.5 Å². The van der Waals surface area contributed by atoms with Crippen molar-refractivity contribution in [2.45, 2.75) is 32.1 Å². The van der Waals surface area contributed by atoms with Gasteiger partial charge in [0.05, 0.1) is 23.5 Å². The smallest absolute Gasteiger partial charge is 0.321 e. The monoisotopic (exact) mass is 295 g/mol. The molecule has 0 aromatic heterocycles. The highest BCUT2D eigenvalue weighted by Gasteiger charge is 2.20. The zero-order valence-electron chi connectivity index (χ0n) is 11.5. The van der Waals surface area contributed by atoms with Crippen molar-refractivity contribution in [1.29, 1.82) is 5.26 Å². The molecule has 0 bridgehead atoms. The van der Waals surface area contributed by atoms with Gasteiger partial charge in [-0.1, -0.05) is 19.1 Å². The molecule has 0 radical (unpaired) electrons. The quantitative estimate of drug-likeness (QED) is 0.747. The average Bonchev–Trinajstić information content (AvgIpc) is 2.37. The van der Waals surface area contributed by atoms with Crippen LogP contribution in [0.2, 0.25) is 0 Å². The number of nitriles is 1. The van der Waals surface area contributed by atoms with Crippen LogP contribution in [0.1, 0.15) is 31.4 Å². The highest BCUT2D eigenvalue weighted by molar-refractivity contribution is 7.91. The van der Waals surface area contributed by atoms with E-state index in [1.165, 1.54) is 6.07 Å². The van der Waals surface area contributed by atoms with Crippen LogP contribution in [-0.2, 0) is 25.1 Å². The van der Waals surface area contributed by atoms with Crippen LogP contribution in [0.5, 0.6) is 0 Å². The normalized spacial score (nSPS) is 12.4. The molecule has 0 saturated carbocycles. The maximum atomic E-state index is 11.9. The number of rotatable bonds is 6. The number of esters is 1. The van der Waals surface area contributed by atoms with Crippen LogP contribution < -0.4 is 0 Å². The molecule has 1 aromatic carbocycles. The first-order valence-corrected chi connectivity index (χ1v) is 8.07. The van der Waals surface area contributed by atoms with Gasteiger partial charge in [0, 0.05) is 0 Å². The Morgan fingerprint density at radius 1 is 1.45 bits per heavy atom. The minimum Gasteiger partial charge on any atom is -0.462 e. The number of benzene rings is 1. The fraction of sp³-hybridized carbons (Fsp3) is 0.429. The van der Waals surface area contributed by atoms with Crippen molar-refractivity contribution in [2.75, 3.05) is 5.75 Å². The van der Waals surface area contributed by atoms with E-state index >= 15 is 0 Å². The molecule has 0 spiro atoms. The summed E-state index contributed by atoms with van der Waals surface area (Å²) >= 11 is 0. The van der Waals surface area contributed by atoms with Crippen LogP contribution in [0.15, 0.2) is 24.3 Å². The summed E-state index contributed by atoms with van der Waals surface area (Å²) in [6, 6.07) is 8.25. The largest absolute Gasteiger partial charge is 0.462 e. The maximum absolute atomic E-state index is 11.9. The summed E-state index contributed by atoms with van der Waals surface area (Å²) in [7, 11) is -3.60. The number of carbonyl (C=O) groups excluding carboxylic acids is 1. The molecule has 0 N–H and O–H groups in total. The highest BCUT2D eigenvalue weighted by Crippen LogP contribution is 2.10. The molecule has 6 heteroatoms. The number of hydrogen-bond acceptors (Lipinski definition) is 5. The molecule has 108 valence electrons. The lowest BCUT2D eigenvalue weighted by Gasteiger charge is -2.11. The minimum absolute atomic E-state index is 0.280. The van der Waals surface area contributed by atoms with Crippen molar-refractivity contribution >= 4 is 15.8 Å². The summed E-state index contributed by atoms with van der Waals surface area (Å²) in [4.78, 5) is 11.5. The van der Waals surface area contributed by atoms with Gasteiger partial charge in [-0.05, 0) is 31.0 Å². The topological polar surface area (TPSA) is 84.2 Å². The van der Waals surface area contributed by atoms with E-state index in [1.807, 2.05) is 13.0 Å². The second-order valence-electron chi connectivity index (χ2n) is 4.55. The molecule has 0 saturated heterocycles. The van der Waals surface area contributed by atoms with Crippen molar-refractivity contribution in [3.63, 3.8) is 0 Å². The fourth-order valence-corrected chi connectivity index (χ4v) is 2.77. The van der Waals surface area contributed by atoms with E-state index in [4.69, 9.17) is 10.00 Å². The van der Waals surface area contributed by atoms with Gasteiger partial charge in [0.25, 0.3) is 0 Å². The van der Waals surface area contributed by atoms with Gasteiger partial charge >= 0.3 is 5.97 Å². The van der Waals surface area contributed by atoms with Crippen molar-refractivity contribution in [2.24, 2.45) is 0 Å². The van der Waals surface area contributed by atoms with Crippen LogP contribution in [0.3, 0.4) is 0 Å². The van der Waals surface area contributed by atoms with Gasteiger partial charge in [-0.3, -0.25) is 4.79 Å². The van der Waals surface area contributed by atoms with E-state index in [2.05, 4.69) is 0 Å². The van der Waals surface area contributed by atoms with Crippen LogP contribution in [0, 0.1) is 11.3 Å². The summed E-state index contributed by atoms with van der Waals surface area (Å²) in [5.41, 5.74) is 0.875. The summed E-state index contributed by atoms with van der Waals surface area (Å²) in [5.74, 6) is -1.66. The first-order chi connectivity index (χ1) is 9.36. The number of ether oxygens (including phenoxy) is 1. The van der Waals surface area contributed by atoms with E-state index in [9.17, 15) is 13.2 Å². The summed E-state index contributed by atoms with van der Waals surface area (Å²) < 4.78 is 28.7. The Morgan fingerprint density at radius 3 is 2.75 bits per heavy atom. The molecule has 1 unspecified atom stereocenters. The molecular formula is C14H17NO4S. The predicted molar refractivity (Wildman–Crippen MR) is 74.5 cm³/mol. The lowest BCUT2D eigenvalue weighted by molar-refractivity contribution is -0.145. The Hall–Kier alpha value is -1.87. The number of sulfone groups is 1. The fourth-order valence-electron chi connectivity index (χ4n) is 1.56. The Kier molecular flexibility index (Phi) is 5.71. The molecule has 0 amide bonds.